The summed E-state index contributed by atoms with van der Waals surface area (Å²) >= 11 is 0. The number of amides is 1. The van der Waals surface area contributed by atoms with Crippen LogP contribution in [0, 0.1) is 0 Å². The highest BCUT2D eigenvalue weighted by Crippen LogP contribution is 2.32. The Bertz CT molecular complexity index is 415. The lowest BCUT2D eigenvalue weighted by Gasteiger charge is -2.20. The van der Waals surface area contributed by atoms with Gasteiger partial charge in [0.1, 0.15) is 6.61 Å². The molecule has 0 heterocycles. The number of nitrogens with one attached hydrogen (secondary N) is 1. The number of anilines is 1. The van der Waals surface area contributed by atoms with E-state index >= 15 is 0 Å². The molecule has 0 aliphatic carbocycles. The Kier molecular flexibility index (Phi) is 6.68. The van der Waals surface area contributed by atoms with E-state index < -0.39 is 0 Å². The summed E-state index contributed by atoms with van der Waals surface area (Å²) in [5.74, 6) is 0.484. The van der Waals surface area contributed by atoms with E-state index in [9.17, 15) is 4.79 Å². The van der Waals surface area contributed by atoms with Gasteiger partial charge in [-0.25, -0.2) is 0 Å². The fourth-order valence-corrected chi connectivity index (χ4v) is 2.10. The summed E-state index contributed by atoms with van der Waals surface area (Å²) in [5, 5.41) is 11.6. The summed E-state index contributed by atoms with van der Waals surface area (Å²) in [6.45, 7) is 8.50. The predicted molar refractivity (Wildman–Crippen MR) is 81.2 cm³/mol. The van der Waals surface area contributed by atoms with Crippen LogP contribution >= 0.6 is 0 Å². The summed E-state index contributed by atoms with van der Waals surface area (Å²) in [6, 6.07) is 6.12. The molecule has 0 spiro atoms. The Morgan fingerprint density at radius 1 is 1.20 bits per heavy atom. The van der Waals surface area contributed by atoms with Gasteiger partial charge in [0.15, 0.2) is 0 Å². The number of aliphatic hydroxyl groups is 1. The molecule has 1 aromatic rings. The lowest BCUT2D eigenvalue weighted by molar-refractivity contribution is -0.120. The molecule has 0 fully saturated rings. The molecule has 112 valence electrons. The maximum atomic E-state index is 11.9. The van der Waals surface area contributed by atoms with Crippen molar-refractivity contribution < 1.29 is 14.6 Å². The van der Waals surface area contributed by atoms with Crippen LogP contribution in [0.2, 0.25) is 0 Å². The van der Waals surface area contributed by atoms with Gasteiger partial charge in [-0.15, -0.1) is 0 Å². The molecule has 0 aliphatic heterocycles. The highest BCUT2D eigenvalue weighted by Gasteiger charge is 2.15. The van der Waals surface area contributed by atoms with Crippen LogP contribution in [0.5, 0.6) is 0 Å². The molecule has 0 aliphatic rings. The first-order valence-electron chi connectivity index (χ1n) is 7.08. The number of rotatable bonds is 7. The van der Waals surface area contributed by atoms with Crippen LogP contribution in [0.3, 0.4) is 0 Å². The Morgan fingerprint density at radius 2 is 1.75 bits per heavy atom. The highest BCUT2D eigenvalue weighted by atomic mass is 16.5. The monoisotopic (exact) mass is 279 g/mol. The third-order valence-corrected chi connectivity index (χ3v) is 3.11. The van der Waals surface area contributed by atoms with Crippen LogP contribution in [0.15, 0.2) is 18.2 Å². The van der Waals surface area contributed by atoms with Gasteiger partial charge in [-0.1, -0.05) is 45.9 Å². The van der Waals surface area contributed by atoms with Crippen molar-refractivity contribution in [2.24, 2.45) is 0 Å². The summed E-state index contributed by atoms with van der Waals surface area (Å²) in [4.78, 5) is 11.9. The Labute approximate surface area is 121 Å². The number of hydrogen-bond donors (Lipinski definition) is 2. The Hall–Kier alpha value is -1.39. The maximum absolute atomic E-state index is 11.9. The molecule has 0 unspecified atom stereocenters. The normalized spacial score (nSPS) is 11.2. The number of aliphatic hydroxyl groups excluding tert-OH is 1. The quantitative estimate of drug-likeness (QED) is 0.755. The van der Waals surface area contributed by atoms with E-state index in [-0.39, 0.29) is 25.7 Å². The van der Waals surface area contributed by atoms with Gasteiger partial charge < -0.3 is 15.2 Å². The van der Waals surface area contributed by atoms with E-state index in [1.807, 2.05) is 18.2 Å². The zero-order valence-corrected chi connectivity index (χ0v) is 12.8. The van der Waals surface area contributed by atoms with Gasteiger partial charge in [0, 0.05) is 5.69 Å². The van der Waals surface area contributed by atoms with Crippen molar-refractivity contribution >= 4 is 11.6 Å². The molecule has 4 heteroatoms. The molecule has 1 amide bonds. The first-order valence-corrected chi connectivity index (χ1v) is 7.08. The van der Waals surface area contributed by atoms with Crippen LogP contribution in [-0.2, 0) is 9.53 Å². The molecule has 0 aromatic heterocycles. The first-order chi connectivity index (χ1) is 9.47. The molecule has 0 saturated heterocycles. The minimum absolute atomic E-state index is 0.0372. The molecule has 1 rings (SSSR count). The summed E-state index contributed by atoms with van der Waals surface area (Å²) in [6.07, 6.45) is 0. The van der Waals surface area contributed by atoms with Crippen LogP contribution in [0.4, 0.5) is 5.69 Å². The molecule has 0 saturated carbocycles. The zero-order chi connectivity index (χ0) is 15.1. The van der Waals surface area contributed by atoms with Gasteiger partial charge in [-0.05, 0) is 23.0 Å². The molecule has 0 radical (unpaired) electrons. The van der Waals surface area contributed by atoms with Crippen LogP contribution in [0.1, 0.15) is 50.7 Å². The second kappa shape index (κ2) is 8.02. The summed E-state index contributed by atoms with van der Waals surface area (Å²) in [7, 11) is 0. The fourth-order valence-electron chi connectivity index (χ4n) is 2.10. The third kappa shape index (κ3) is 4.62. The Morgan fingerprint density at radius 3 is 2.20 bits per heavy atom. The van der Waals surface area contributed by atoms with Gasteiger partial charge in [0.2, 0.25) is 5.91 Å². The van der Waals surface area contributed by atoms with Crippen molar-refractivity contribution in [2.45, 2.75) is 39.5 Å². The van der Waals surface area contributed by atoms with Crippen molar-refractivity contribution in [1.29, 1.82) is 0 Å². The second-order valence-electron chi connectivity index (χ2n) is 5.45. The van der Waals surface area contributed by atoms with Crippen LogP contribution in [-0.4, -0.2) is 30.8 Å². The largest absolute Gasteiger partial charge is 0.394 e. The average molecular weight is 279 g/mol. The van der Waals surface area contributed by atoms with E-state index in [0.717, 1.165) is 16.8 Å². The third-order valence-electron chi connectivity index (χ3n) is 3.11. The number of carbonyl (C=O) groups is 1. The number of ether oxygens (including phenoxy) is 1. The van der Waals surface area contributed by atoms with Gasteiger partial charge in [-0.2, -0.15) is 0 Å². The number of carbonyl (C=O) groups excluding carboxylic acids is 1. The van der Waals surface area contributed by atoms with Crippen molar-refractivity contribution in [1.82, 2.24) is 0 Å². The minimum Gasteiger partial charge on any atom is -0.394 e. The number of hydrogen-bond acceptors (Lipinski definition) is 3. The average Bonchev–Trinajstić information content (AvgIpc) is 2.38. The summed E-state index contributed by atoms with van der Waals surface area (Å²) in [5.41, 5.74) is 3.16. The van der Waals surface area contributed by atoms with Crippen LogP contribution < -0.4 is 5.32 Å². The fraction of sp³-hybridized carbons (Fsp3) is 0.562. The number of para-hydroxylation sites is 1. The highest BCUT2D eigenvalue weighted by molar-refractivity contribution is 5.93. The standard InChI is InChI=1S/C16H25NO3/c1-11(2)13-6-5-7-14(12(3)4)16(13)17-15(19)10-20-9-8-18/h5-7,11-12,18H,8-10H2,1-4H3,(H,17,19). The molecule has 0 atom stereocenters. The molecule has 20 heavy (non-hydrogen) atoms. The molecular formula is C16H25NO3. The second-order valence-corrected chi connectivity index (χ2v) is 5.45. The lowest BCUT2D eigenvalue weighted by atomic mass is 9.92. The van der Waals surface area contributed by atoms with E-state index in [0.29, 0.717) is 11.8 Å². The zero-order valence-electron chi connectivity index (χ0n) is 12.8. The SMILES string of the molecule is CC(C)c1cccc(C(C)C)c1NC(=O)COCCO. The minimum atomic E-state index is -0.187. The van der Waals surface area contributed by atoms with Crippen molar-refractivity contribution in [3.05, 3.63) is 29.3 Å². The molecule has 4 nitrogen and oxygen atoms in total. The lowest BCUT2D eigenvalue weighted by Crippen LogP contribution is -2.21. The predicted octanol–water partition coefficient (Wildman–Crippen LogP) is 2.88. The topological polar surface area (TPSA) is 58.6 Å². The van der Waals surface area contributed by atoms with Crippen LogP contribution in [0.25, 0.3) is 0 Å². The smallest absolute Gasteiger partial charge is 0.250 e. The number of benzene rings is 1. The maximum Gasteiger partial charge on any atom is 0.250 e. The van der Waals surface area contributed by atoms with Gasteiger partial charge in [-0.3, -0.25) is 4.79 Å². The van der Waals surface area contributed by atoms with Crippen molar-refractivity contribution in [2.75, 3.05) is 25.1 Å². The first kappa shape index (κ1) is 16.7. The van der Waals surface area contributed by atoms with Gasteiger partial charge in [0.25, 0.3) is 0 Å². The molecule has 2 N–H and O–H groups in total. The van der Waals surface area contributed by atoms with E-state index in [4.69, 9.17) is 9.84 Å². The molecule has 0 bridgehead atoms. The Balaban J connectivity index is 2.93. The van der Waals surface area contributed by atoms with Gasteiger partial charge in [0.05, 0.1) is 13.2 Å². The molecule has 1 aromatic carbocycles. The van der Waals surface area contributed by atoms with Crippen molar-refractivity contribution in [3.63, 3.8) is 0 Å². The van der Waals surface area contributed by atoms with E-state index in [1.165, 1.54) is 0 Å². The summed E-state index contributed by atoms with van der Waals surface area (Å²) < 4.78 is 5.06. The van der Waals surface area contributed by atoms with E-state index in [2.05, 4.69) is 33.0 Å². The van der Waals surface area contributed by atoms with E-state index in [1.54, 1.807) is 0 Å². The molecular weight excluding hydrogens is 254 g/mol. The van der Waals surface area contributed by atoms with Crippen molar-refractivity contribution in [3.8, 4) is 0 Å². The van der Waals surface area contributed by atoms with Gasteiger partial charge >= 0.3 is 0 Å².